The van der Waals surface area contributed by atoms with Crippen LogP contribution in [0.3, 0.4) is 0 Å². The number of aromatic nitrogens is 2. The Labute approximate surface area is 232 Å². The van der Waals surface area contributed by atoms with E-state index in [2.05, 4.69) is 22.9 Å². The molecule has 1 unspecified atom stereocenters. The van der Waals surface area contributed by atoms with E-state index in [-0.39, 0.29) is 12.6 Å². The Kier molecular flexibility index (Phi) is 8.24. The Balaban J connectivity index is 1.83. The molecule has 0 radical (unpaired) electrons. The number of nitrogens with one attached hydrogen (secondary N) is 1. The molecule has 0 saturated carbocycles. The smallest absolute Gasteiger partial charge is 0.474 e. The van der Waals surface area contributed by atoms with Gasteiger partial charge in [-0.2, -0.15) is 5.26 Å². The molecule has 10 nitrogen and oxygen atoms in total. The maximum atomic E-state index is 12.5. The Morgan fingerprint density at radius 1 is 1.20 bits per heavy atom. The lowest BCUT2D eigenvalue weighted by molar-refractivity contribution is -0.111. The summed E-state index contributed by atoms with van der Waals surface area (Å²) in [6, 6.07) is 16.4. The number of ether oxygens (including phenoxy) is 1. The first-order valence-electron chi connectivity index (χ1n) is 12.2. The van der Waals surface area contributed by atoms with Crippen LogP contribution in [0.2, 0.25) is 0 Å². The van der Waals surface area contributed by atoms with Crippen molar-refractivity contribution >= 4 is 30.5 Å². The predicted molar refractivity (Wildman–Crippen MR) is 152 cm³/mol. The van der Waals surface area contributed by atoms with Crippen molar-refractivity contribution < 1.29 is 28.0 Å². The maximum Gasteiger partial charge on any atom is 0.474 e. The zero-order valence-corrected chi connectivity index (χ0v) is 23.4. The monoisotopic (exact) mass is 560 g/mol. The number of hydrogen-bond acceptors (Lipinski definition) is 7. The van der Waals surface area contributed by atoms with Gasteiger partial charge in [-0.3, -0.25) is 13.8 Å². The molecule has 206 valence electrons. The normalized spacial score (nSPS) is 12.9. The number of nitrogens with zero attached hydrogens (tertiary/aromatic N) is 3. The van der Waals surface area contributed by atoms with Crippen LogP contribution in [0, 0.1) is 11.3 Å². The van der Waals surface area contributed by atoms with Gasteiger partial charge in [0.15, 0.2) is 0 Å². The van der Waals surface area contributed by atoms with Crippen molar-refractivity contribution in [2.45, 2.75) is 33.1 Å². The van der Waals surface area contributed by atoms with Crippen molar-refractivity contribution in [3.05, 3.63) is 79.1 Å². The minimum Gasteiger partial charge on any atom is -0.497 e. The second kappa shape index (κ2) is 11.5. The average molecular weight is 561 g/mol. The summed E-state index contributed by atoms with van der Waals surface area (Å²) in [5.74, 6) is 0.170. The van der Waals surface area contributed by atoms with E-state index in [1.54, 1.807) is 68.1 Å². The molecule has 0 fully saturated rings. The standard InChI is InChI=1S/C29H29N4O6P/c1-6-27(34)32-23-11-21(12-24(14-23)37-5)22-13-25-26(20-9-7-8-19(10-20)15-30)17-33(28(25)31-16-22)18-38-40(35,36)39-29(2,3)4/h6-14,16-17H,1,18H2,2-5H3,(H,32,34)(H,35,36). The van der Waals surface area contributed by atoms with E-state index in [1.807, 2.05) is 18.2 Å². The van der Waals surface area contributed by atoms with E-state index >= 15 is 0 Å². The summed E-state index contributed by atoms with van der Waals surface area (Å²) in [6.07, 6.45) is 4.57. The summed E-state index contributed by atoms with van der Waals surface area (Å²) < 4.78 is 30.0. The number of benzene rings is 2. The van der Waals surface area contributed by atoms with Crippen molar-refractivity contribution in [3.63, 3.8) is 0 Å². The lowest BCUT2D eigenvalue weighted by atomic mass is 10.0. The fraction of sp³-hybridized carbons (Fsp3) is 0.207. The summed E-state index contributed by atoms with van der Waals surface area (Å²) in [5.41, 5.74) is 3.53. The summed E-state index contributed by atoms with van der Waals surface area (Å²) in [6.45, 7) is 8.14. The van der Waals surface area contributed by atoms with Crippen LogP contribution in [0.15, 0.2) is 73.6 Å². The second-order valence-electron chi connectivity index (χ2n) is 9.87. The highest BCUT2D eigenvalue weighted by molar-refractivity contribution is 7.47. The molecule has 1 atom stereocenters. The number of nitriles is 1. The van der Waals surface area contributed by atoms with Gasteiger partial charge >= 0.3 is 7.82 Å². The van der Waals surface area contributed by atoms with Gasteiger partial charge in [-0.25, -0.2) is 9.55 Å². The van der Waals surface area contributed by atoms with E-state index in [9.17, 15) is 19.5 Å². The first-order chi connectivity index (χ1) is 18.9. The molecule has 2 aromatic carbocycles. The largest absolute Gasteiger partial charge is 0.497 e. The summed E-state index contributed by atoms with van der Waals surface area (Å²) in [5, 5.41) is 12.9. The minimum atomic E-state index is -4.37. The SMILES string of the molecule is C=CC(=O)Nc1cc(OC)cc(-c2cnc3c(c2)c(-c2cccc(C#N)c2)cn3COP(=O)(O)OC(C)(C)C)c1. The van der Waals surface area contributed by atoms with Gasteiger partial charge in [-0.15, -0.1) is 0 Å². The third kappa shape index (κ3) is 6.84. The van der Waals surface area contributed by atoms with Crippen LogP contribution in [0.25, 0.3) is 33.3 Å². The minimum absolute atomic E-state index is 0.304. The number of pyridine rings is 1. The third-order valence-electron chi connectivity index (χ3n) is 5.69. The number of carbonyl (C=O) groups excluding carboxylic acids is 1. The molecule has 0 saturated heterocycles. The van der Waals surface area contributed by atoms with Gasteiger partial charge in [-0.1, -0.05) is 18.7 Å². The van der Waals surface area contributed by atoms with Crippen LogP contribution in [0.1, 0.15) is 26.3 Å². The highest BCUT2D eigenvalue weighted by Crippen LogP contribution is 2.48. The van der Waals surface area contributed by atoms with Gasteiger partial charge in [0.2, 0.25) is 5.91 Å². The molecule has 0 aliphatic rings. The van der Waals surface area contributed by atoms with Gasteiger partial charge in [-0.05, 0) is 68.3 Å². The van der Waals surface area contributed by atoms with Crippen molar-refractivity contribution in [1.82, 2.24) is 9.55 Å². The van der Waals surface area contributed by atoms with Crippen LogP contribution < -0.4 is 10.1 Å². The summed E-state index contributed by atoms with van der Waals surface area (Å²) in [4.78, 5) is 26.8. The molecule has 0 aliphatic heterocycles. The first-order valence-corrected chi connectivity index (χ1v) is 13.7. The lowest BCUT2D eigenvalue weighted by Gasteiger charge is -2.22. The highest BCUT2D eigenvalue weighted by atomic mass is 31.2. The molecule has 4 aromatic rings. The average Bonchev–Trinajstić information content (AvgIpc) is 3.28. The van der Waals surface area contributed by atoms with Crippen molar-refractivity contribution in [3.8, 4) is 34.1 Å². The molecule has 4 rings (SSSR count). The number of phosphoric ester groups is 1. The van der Waals surface area contributed by atoms with Crippen LogP contribution in [-0.2, 0) is 25.1 Å². The number of amides is 1. The molecular formula is C29H29N4O6P. The zero-order chi connectivity index (χ0) is 29.1. The second-order valence-corrected chi connectivity index (χ2v) is 11.3. The van der Waals surface area contributed by atoms with Crippen LogP contribution in [-0.4, -0.2) is 33.1 Å². The van der Waals surface area contributed by atoms with Gasteiger partial charge < -0.3 is 19.5 Å². The van der Waals surface area contributed by atoms with E-state index < -0.39 is 13.4 Å². The van der Waals surface area contributed by atoms with Crippen molar-refractivity contribution in [1.29, 1.82) is 5.26 Å². The summed E-state index contributed by atoms with van der Waals surface area (Å²) in [7, 11) is -2.84. The van der Waals surface area contributed by atoms with Crippen molar-refractivity contribution in [2.75, 3.05) is 12.4 Å². The number of methoxy groups -OCH3 is 1. The molecular weight excluding hydrogens is 531 g/mol. The highest BCUT2D eigenvalue weighted by Gasteiger charge is 2.29. The van der Waals surface area contributed by atoms with Crippen LogP contribution >= 0.6 is 7.82 Å². The van der Waals surface area contributed by atoms with Gasteiger partial charge in [0, 0.05) is 40.7 Å². The molecule has 1 amide bonds. The van der Waals surface area contributed by atoms with Crippen LogP contribution in [0.4, 0.5) is 5.69 Å². The number of anilines is 1. The van der Waals surface area contributed by atoms with E-state index in [0.717, 1.165) is 22.3 Å². The molecule has 0 bridgehead atoms. The molecule has 2 aromatic heterocycles. The lowest BCUT2D eigenvalue weighted by Crippen LogP contribution is -2.18. The first kappa shape index (κ1) is 28.7. The number of hydrogen-bond donors (Lipinski definition) is 2. The number of phosphoric acid groups is 1. The third-order valence-corrected chi connectivity index (χ3v) is 6.91. The van der Waals surface area contributed by atoms with Crippen LogP contribution in [0.5, 0.6) is 5.75 Å². The maximum absolute atomic E-state index is 12.5. The number of carbonyl (C=O) groups is 1. The van der Waals surface area contributed by atoms with Gasteiger partial charge in [0.1, 0.15) is 18.1 Å². The molecule has 0 spiro atoms. The Morgan fingerprint density at radius 3 is 2.65 bits per heavy atom. The molecule has 2 heterocycles. The number of rotatable bonds is 9. The fourth-order valence-electron chi connectivity index (χ4n) is 4.07. The van der Waals surface area contributed by atoms with Gasteiger partial charge in [0.25, 0.3) is 0 Å². The Hall–Kier alpha value is -4.26. The van der Waals surface area contributed by atoms with Crippen molar-refractivity contribution in [2.24, 2.45) is 0 Å². The molecule has 40 heavy (non-hydrogen) atoms. The Morgan fingerprint density at radius 2 is 1.98 bits per heavy atom. The van der Waals surface area contributed by atoms with E-state index in [4.69, 9.17) is 13.8 Å². The molecule has 11 heteroatoms. The summed E-state index contributed by atoms with van der Waals surface area (Å²) >= 11 is 0. The van der Waals surface area contributed by atoms with Gasteiger partial charge in [0.05, 0.1) is 24.3 Å². The topological polar surface area (TPSA) is 136 Å². The Bertz CT molecular complexity index is 1680. The quantitative estimate of drug-likeness (QED) is 0.181. The predicted octanol–water partition coefficient (Wildman–Crippen LogP) is 6.26. The zero-order valence-electron chi connectivity index (χ0n) is 22.5. The fourth-order valence-corrected chi connectivity index (χ4v) is 5.09. The molecule has 0 aliphatic carbocycles. The number of fused-ring (bicyclic) bond motifs is 1. The van der Waals surface area contributed by atoms with E-state index in [1.165, 1.54) is 13.2 Å². The van der Waals surface area contributed by atoms with E-state index in [0.29, 0.717) is 28.0 Å². The molecule has 2 N–H and O–H groups in total.